The van der Waals surface area contributed by atoms with Crippen LogP contribution in [-0.4, -0.2) is 5.75 Å². The van der Waals surface area contributed by atoms with Crippen LogP contribution in [0.5, 0.6) is 0 Å². The molecule has 0 fully saturated rings. The number of rotatable bonds is 6. The molecular formula is C17H20FNS. The van der Waals surface area contributed by atoms with Crippen LogP contribution in [0.25, 0.3) is 0 Å². The van der Waals surface area contributed by atoms with Crippen molar-refractivity contribution >= 4 is 11.8 Å². The third kappa shape index (κ3) is 4.36. The predicted octanol–water partition coefficient (Wildman–Crippen LogP) is 4.71. The Morgan fingerprint density at radius 1 is 1.10 bits per heavy atom. The van der Waals surface area contributed by atoms with Gasteiger partial charge >= 0.3 is 0 Å². The molecule has 3 heteroatoms. The fourth-order valence-corrected chi connectivity index (χ4v) is 3.08. The molecule has 0 saturated heterocycles. The number of thioether (sulfide) groups is 1. The van der Waals surface area contributed by atoms with Crippen molar-refractivity contribution in [3.8, 4) is 0 Å². The van der Waals surface area contributed by atoms with Crippen LogP contribution in [0.1, 0.15) is 30.0 Å². The summed E-state index contributed by atoms with van der Waals surface area (Å²) < 4.78 is 12.8. The first-order chi connectivity index (χ1) is 9.66. The minimum atomic E-state index is -0.212. The number of hydrogen-bond acceptors (Lipinski definition) is 2. The van der Waals surface area contributed by atoms with Crippen molar-refractivity contribution in [2.24, 2.45) is 5.73 Å². The smallest absolute Gasteiger partial charge is 0.123 e. The first kappa shape index (κ1) is 15.1. The van der Waals surface area contributed by atoms with Crippen LogP contribution in [0.15, 0.2) is 53.4 Å². The van der Waals surface area contributed by atoms with Crippen molar-refractivity contribution in [2.45, 2.75) is 30.7 Å². The molecule has 0 saturated carbocycles. The maximum Gasteiger partial charge on any atom is 0.123 e. The molecule has 1 nitrogen and oxygen atoms in total. The molecule has 0 aliphatic heterocycles. The minimum Gasteiger partial charge on any atom is -0.324 e. The van der Waals surface area contributed by atoms with Gasteiger partial charge in [-0.05, 0) is 54.8 Å². The van der Waals surface area contributed by atoms with Gasteiger partial charge < -0.3 is 5.73 Å². The standard InChI is InChI=1S/C17H20FNS/c1-13-5-2-3-7-17(13)20-12-4-6-16(19)14-8-10-15(18)11-9-14/h2-3,5,7-11,16H,4,6,12,19H2,1H3. The van der Waals surface area contributed by atoms with Gasteiger partial charge in [0.25, 0.3) is 0 Å². The summed E-state index contributed by atoms with van der Waals surface area (Å²) in [6.45, 7) is 2.13. The van der Waals surface area contributed by atoms with E-state index < -0.39 is 0 Å². The SMILES string of the molecule is Cc1ccccc1SCCCC(N)c1ccc(F)cc1. The molecule has 0 bridgehead atoms. The molecule has 0 radical (unpaired) electrons. The summed E-state index contributed by atoms with van der Waals surface area (Å²) >= 11 is 1.87. The molecule has 2 aromatic rings. The lowest BCUT2D eigenvalue weighted by Crippen LogP contribution is -2.10. The maximum atomic E-state index is 12.8. The molecular weight excluding hydrogens is 269 g/mol. The molecule has 1 atom stereocenters. The predicted molar refractivity (Wildman–Crippen MR) is 84.5 cm³/mol. The second-order valence-corrected chi connectivity index (χ2v) is 6.05. The van der Waals surface area contributed by atoms with Crippen molar-refractivity contribution in [1.82, 2.24) is 0 Å². The quantitative estimate of drug-likeness (QED) is 0.616. The summed E-state index contributed by atoms with van der Waals surface area (Å²) in [4.78, 5) is 1.34. The van der Waals surface area contributed by atoms with E-state index in [2.05, 4.69) is 31.2 Å². The zero-order chi connectivity index (χ0) is 14.4. The van der Waals surface area contributed by atoms with E-state index >= 15 is 0 Å². The Labute approximate surface area is 124 Å². The lowest BCUT2D eigenvalue weighted by Gasteiger charge is -2.12. The van der Waals surface area contributed by atoms with Crippen molar-refractivity contribution in [3.63, 3.8) is 0 Å². The van der Waals surface area contributed by atoms with Gasteiger partial charge in [0.1, 0.15) is 5.82 Å². The fraction of sp³-hybridized carbons (Fsp3) is 0.294. The summed E-state index contributed by atoms with van der Waals surface area (Å²) in [5.74, 6) is 0.843. The maximum absolute atomic E-state index is 12.8. The third-order valence-electron chi connectivity index (χ3n) is 3.31. The number of benzene rings is 2. The Bertz CT molecular complexity index is 539. The Balaban J connectivity index is 1.76. The zero-order valence-corrected chi connectivity index (χ0v) is 12.5. The van der Waals surface area contributed by atoms with Crippen LogP contribution in [0, 0.1) is 12.7 Å². The number of halogens is 1. The third-order valence-corrected chi connectivity index (χ3v) is 4.57. The van der Waals surface area contributed by atoms with Gasteiger partial charge in [0.15, 0.2) is 0 Å². The highest BCUT2D eigenvalue weighted by molar-refractivity contribution is 7.99. The molecule has 2 rings (SSSR count). The van der Waals surface area contributed by atoms with Gasteiger partial charge in [-0.25, -0.2) is 4.39 Å². The molecule has 20 heavy (non-hydrogen) atoms. The molecule has 106 valence electrons. The highest BCUT2D eigenvalue weighted by Crippen LogP contribution is 2.24. The summed E-state index contributed by atoms with van der Waals surface area (Å²) in [5.41, 5.74) is 8.45. The minimum absolute atomic E-state index is 0.00642. The molecule has 2 N–H and O–H groups in total. The van der Waals surface area contributed by atoms with Gasteiger partial charge in [-0.2, -0.15) is 0 Å². The van der Waals surface area contributed by atoms with Crippen LogP contribution in [0.2, 0.25) is 0 Å². The van der Waals surface area contributed by atoms with Gasteiger partial charge in [0.05, 0.1) is 0 Å². The van der Waals surface area contributed by atoms with E-state index in [9.17, 15) is 4.39 Å². The largest absolute Gasteiger partial charge is 0.324 e. The van der Waals surface area contributed by atoms with Gasteiger partial charge in [-0.15, -0.1) is 11.8 Å². The van der Waals surface area contributed by atoms with E-state index in [0.29, 0.717) is 0 Å². The molecule has 0 spiro atoms. The topological polar surface area (TPSA) is 26.0 Å². The summed E-state index contributed by atoms with van der Waals surface area (Å²) in [6.07, 6.45) is 1.97. The summed E-state index contributed by atoms with van der Waals surface area (Å²) in [7, 11) is 0. The van der Waals surface area contributed by atoms with Crippen molar-refractivity contribution < 1.29 is 4.39 Å². The Morgan fingerprint density at radius 3 is 2.50 bits per heavy atom. The number of aryl methyl sites for hydroxylation is 1. The lowest BCUT2D eigenvalue weighted by molar-refractivity contribution is 0.617. The van der Waals surface area contributed by atoms with E-state index in [-0.39, 0.29) is 11.9 Å². The number of hydrogen-bond donors (Lipinski definition) is 1. The number of nitrogens with two attached hydrogens (primary N) is 1. The van der Waals surface area contributed by atoms with Crippen molar-refractivity contribution in [3.05, 3.63) is 65.5 Å². The molecule has 0 amide bonds. The second kappa shape index (κ2) is 7.46. The van der Waals surface area contributed by atoms with E-state index in [0.717, 1.165) is 24.2 Å². The summed E-state index contributed by atoms with van der Waals surface area (Å²) in [6, 6.07) is 14.9. The lowest BCUT2D eigenvalue weighted by atomic mass is 10.0. The molecule has 2 aromatic carbocycles. The average molecular weight is 289 g/mol. The van der Waals surface area contributed by atoms with E-state index in [4.69, 9.17) is 5.73 Å². The van der Waals surface area contributed by atoms with Crippen LogP contribution in [0.3, 0.4) is 0 Å². The van der Waals surface area contributed by atoms with E-state index in [1.54, 1.807) is 12.1 Å². The van der Waals surface area contributed by atoms with E-state index in [1.807, 2.05) is 11.8 Å². The second-order valence-electron chi connectivity index (χ2n) is 4.91. The van der Waals surface area contributed by atoms with Gasteiger partial charge in [0, 0.05) is 10.9 Å². The van der Waals surface area contributed by atoms with Crippen LogP contribution in [0.4, 0.5) is 4.39 Å². The Kier molecular flexibility index (Phi) is 5.62. The van der Waals surface area contributed by atoms with Gasteiger partial charge in [0.2, 0.25) is 0 Å². The Hall–Kier alpha value is -1.32. The van der Waals surface area contributed by atoms with Crippen LogP contribution in [-0.2, 0) is 0 Å². The van der Waals surface area contributed by atoms with Gasteiger partial charge in [-0.3, -0.25) is 0 Å². The normalized spacial score (nSPS) is 12.3. The Morgan fingerprint density at radius 2 is 1.80 bits per heavy atom. The fourth-order valence-electron chi connectivity index (χ4n) is 2.08. The van der Waals surface area contributed by atoms with Crippen LogP contribution < -0.4 is 5.73 Å². The van der Waals surface area contributed by atoms with Gasteiger partial charge in [-0.1, -0.05) is 30.3 Å². The summed E-state index contributed by atoms with van der Waals surface area (Å²) in [5, 5.41) is 0. The van der Waals surface area contributed by atoms with Crippen LogP contribution >= 0.6 is 11.8 Å². The average Bonchev–Trinajstić information content (AvgIpc) is 2.46. The highest BCUT2D eigenvalue weighted by Gasteiger charge is 2.06. The van der Waals surface area contributed by atoms with E-state index in [1.165, 1.54) is 22.6 Å². The first-order valence-corrected chi connectivity index (χ1v) is 7.85. The molecule has 0 aromatic heterocycles. The monoisotopic (exact) mass is 289 g/mol. The van der Waals surface area contributed by atoms with Crippen molar-refractivity contribution in [1.29, 1.82) is 0 Å². The molecule has 0 aliphatic carbocycles. The zero-order valence-electron chi connectivity index (χ0n) is 11.7. The molecule has 1 unspecified atom stereocenters. The first-order valence-electron chi connectivity index (χ1n) is 6.86. The molecule has 0 aliphatic rings. The van der Waals surface area contributed by atoms with Crippen molar-refractivity contribution in [2.75, 3.05) is 5.75 Å². The highest BCUT2D eigenvalue weighted by atomic mass is 32.2. The molecule has 0 heterocycles.